The van der Waals surface area contributed by atoms with Gasteiger partial charge in [-0.1, -0.05) is 147 Å². The van der Waals surface area contributed by atoms with Crippen LogP contribution in [-0.2, 0) is 49.6 Å². The highest BCUT2D eigenvalue weighted by molar-refractivity contribution is 6.05. The number of likely N-dealkylation sites (N-methyl/N-ethyl adjacent to an activating group) is 2. The van der Waals surface area contributed by atoms with Gasteiger partial charge in [0, 0.05) is 75.8 Å². The molecule has 0 saturated carbocycles. The molecule has 0 radical (unpaired) electrons. The number of hydrogen-bond donors (Lipinski definition) is 12. The molecule has 2 aliphatic rings. The average Bonchev–Trinajstić information content (AvgIpc) is 1.55. The van der Waals surface area contributed by atoms with Gasteiger partial charge in [0.25, 0.3) is 0 Å². The number of benzene rings is 5. The monoisotopic (exact) mass is 1420 g/mol. The van der Waals surface area contributed by atoms with Crippen molar-refractivity contribution >= 4 is 105 Å². The van der Waals surface area contributed by atoms with E-state index in [0.717, 1.165) is 88.6 Å². The summed E-state index contributed by atoms with van der Waals surface area (Å²) in [5.41, 5.74) is 26.3. The van der Waals surface area contributed by atoms with Gasteiger partial charge in [-0.25, -0.2) is 9.97 Å². The largest absolute Gasteiger partial charge is 0.354 e. The van der Waals surface area contributed by atoms with Gasteiger partial charge in [0.05, 0.1) is 55.0 Å². The number of nitrogens with two attached hydrogens (primary N) is 2. The first-order valence-corrected chi connectivity index (χ1v) is 35.2. The summed E-state index contributed by atoms with van der Waals surface area (Å²) in [5.74, 6) is -6.25. The van der Waals surface area contributed by atoms with Gasteiger partial charge in [-0.15, -0.1) is 0 Å². The first-order valence-electron chi connectivity index (χ1n) is 35.2. The summed E-state index contributed by atoms with van der Waals surface area (Å²) < 4.78 is 0. The molecule has 24 heteroatoms. The summed E-state index contributed by atoms with van der Waals surface area (Å²) in [6.45, 7) is 2.25. The lowest BCUT2D eigenvalue weighted by Crippen LogP contribution is -2.57. The number of unbranched alkanes of at least 4 members (excludes halogenated alkanes) is 1. The van der Waals surface area contributed by atoms with Crippen molar-refractivity contribution in [3.8, 4) is 44.5 Å². The van der Waals surface area contributed by atoms with Crippen molar-refractivity contribution in [1.82, 2.24) is 62.1 Å². The quantitative estimate of drug-likeness (QED) is 0.0174. The van der Waals surface area contributed by atoms with E-state index in [1.807, 2.05) is 105 Å². The molecule has 3 aromatic heterocycles. The number of Topliss-reactive ketones (excluding diaryl/α,β-unsaturated/α-hetero) is 1. The fourth-order valence-corrected chi connectivity index (χ4v) is 12.7. The molecule has 24 nitrogen and oxygen atoms in total. The second-order valence-electron chi connectivity index (χ2n) is 26.1. The topological polar surface area (TPSA) is 363 Å². The van der Waals surface area contributed by atoms with E-state index in [-0.39, 0.29) is 63.6 Å². The Bertz CT molecular complexity index is 4640. The van der Waals surface area contributed by atoms with Crippen LogP contribution in [0.2, 0.25) is 0 Å². The number of nitrogens with one attached hydrogen (secondary N) is 10. The van der Waals surface area contributed by atoms with Crippen LogP contribution >= 0.6 is 0 Å². The van der Waals surface area contributed by atoms with Crippen molar-refractivity contribution in [1.29, 1.82) is 0 Å². The molecule has 5 aromatic carbocycles. The molecule has 8 amide bonds. The van der Waals surface area contributed by atoms with E-state index in [4.69, 9.17) is 21.4 Å². The Morgan fingerprint density at radius 3 is 1.41 bits per heavy atom. The zero-order valence-corrected chi connectivity index (χ0v) is 59.2. The summed E-state index contributed by atoms with van der Waals surface area (Å²) in [7, 11) is 3.09. The van der Waals surface area contributed by atoms with E-state index < -0.39 is 90.9 Å². The summed E-state index contributed by atoms with van der Waals surface area (Å²) in [6.07, 6.45) is 8.09. The highest BCUT2D eigenvalue weighted by Crippen LogP contribution is 2.39. The number of aromatic amines is 2. The third-order valence-corrected chi connectivity index (χ3v) is 17.8. The predicted octanol–water partition coefficient (Wildman–Crippen LogP) is 7.84. The smallest absolute Gasteiger partial charge is 0.243 e. The first kappa shape index (κ1) is 75.8. The fraction of sp³-hybridized carbons (Fsp3) is 0.272. The van der Waals surface area contributed by atoms with E-state index in [1.54, 1.807) is 49.5 Å². The van der Waals surface area contributed by atoms with Gasteiger partial charge in [0.1, 0.15) is 18.1 Å². The molecule has 542 valence electrons. The van der Waals surface area contributed by atoms with Crippen molar-refractivity contribution < 1.29 is 43.2 Å². The van der Waals surface area contributed by atoms with Gasteiger partial charge in [-0.05, 0) is 141 Å². The van der Waals surface area contributed by atoms with Crippen LogP contribution in [0.15, 0.2) is 170 Å². The number of aromatic nitrogens is 4. The Balaban J connectivity index is 0.865. The third-order valence-electron chi connectivity index (χ3n) is 17.8. The molecule has 2 aliphatic heterocycles. The number of carbonyl (C=O) groups is 9. The number of carbonyl (C=O) groups excluding carboxylic acids is 9. The van der Waals surface area contributed by atoms with Crippen LogP contribution in [0, 0.1) is 5.92 Å². The summed E-state index contributed by atoms with van der Waals surface area (Å²) in [4.78, 5) is 142. The molecule has 105 heavy (non-hydrogen) atoms. The average molecular weight is 1420 g/mol. The number of nitrogens with zero attached hydrogens (tertiary/aromatic N) is 3. The Hall–Kier alpha value is -11.8. The van der Waals surface area contributed by atoms with Crippen LogP contribution in [0.5, 0.6) is 0 Å². The number of fused-ring (bicyclic) bond motifs is 8. The molecule has 8 aromatic rings. The zero-order chi connectivity index (χ0) is 74.4. The number of H-pyrrole nitrogens is 2. The van der Waals surface area contributed by atoms with Crippen LogP contribution in [-0.4, -0.2) is 155 Å². The molecule has 14 N–H and O–H groups in total. The van der Waals surface area contributed by atoms with Gasteiger partial charge in [0.15, 0.2) is 5.78 Å². The molecule has 10 rings (SSSR count). The Morgan fingerprint density at radius 2 is 0.933 bits per heavy atom. The lowest BCUT2D eigenvalue weighted by atomic mass is 10.0. The molecule has 4 atom stereocenters. The zero-order valence-electron chi connectivity index (χ0n) is 59.2. The van der Waals surface area contributed by atoms with Crippen molar-refractivity contribution in [2.75, 3.05) is 58.7 Å². The number of ketones is 1. The third kappa shape index (κ3) is 20.1. The summed E-state index contributed by atoms with van der Waals surface area (Å²) >= 11 is 0. The number of hydrogen-bond acceptors (Lipinski definition) is 15. The predicted molar refractivity (Wildman–Crippen MR) is 410 cm³/mol. The van der Waals surface area contributed by atoms with Gasteiger partial charge in [-0.3, -0.25) is 48.1 Å². The Kier molecular flexibility index (Phi) is 26.6. The van der Waals surface area contributed by atoms with Crippen molar-refractivity contribution in [3.05, 3.63) is 198 Å². The van der Waals surface area contributed by atoms with Crippen molar-refractivity contribution in [2.45, 2.75) is 83.0 Å². The van der Waals surface area contributed by atoms with Crippen LogP contribution < -0.4 is 54.0 Å². The fourth-order valence-electron chi connectivity index (χ4n) is 12.7. The maximum absolute atomic E-state index is 14.4. The molecular weight excluding hydrogens is 1330 g/mol. The highest BCUT2D eigenvalue weighted by Gasteiger charge is 2.35. The van der Waals surface area contributed by atoms with E-state index >= 15 is 0 Å². The molecule has 1 unspecified atom stereocenters. The van der Waals surface area contributed by atoms with E-state index in [1.165, 1.54) is 7.05 Å². The summed E-state index contributed by atoms with van der Waals surface area (Å²) in [5, 5.41) is 21.4. The molecule has 0 saturated heterocycles. The number of imide groups is 1. The lowest BCUT2D eigenvalue weighted by molar-refractivity contribution is -0.152. The van der Waals surface area contributed by atoms with Gasteiger partial charge in [0.2, 0.25) is 47.3 Å². The number of rotatable bonds is 33. The molecule has 0 fully saturated rings. The standard InChI is InChI=1S/C81H89N15O9/c1-50(2)43-66(79(103)87-47-71(99)86-45-57(83)69(97)46-84-3)95-80(104)67(44-51-19-9-5-10-20-51)94-72(100)48-88-81(105)68(27-17-18-42-82)96(74(102)49-85-4)73(101)41-40-70(98)89-56-30-28-55(29-31-56)78-64-38-36-62(92-64)76(53-23-13-7-14-24-53)60-34-32-58(90-60)75(52-21-11-6-12-22-52)59-33-35-61(91-59)77(54-25-15-8-16-26-54)63-37-39-65(78)93-63/h5-16,19-26,28-39,50,57,66-68,84-85,90,93H,17-18,27,40-49,82-83H2,1-4H3,(H,86,99)(H,87,103)(H,88,105)(H,89,98)(H,94,100)(H,95,104)/t57?,66-,67-,68-/m0/s1. The minimum absolute atomic E-state index is 0.0139. The van der Waals surface area contributed by atoms with Crippen LogP contribution in [0.3, 0.4) is 0 Å². The molecule has 0 aliphatic carbocycles. The van der Waals surface area contributed by atoms with Crippen LogP contribution in [0.4, 0.5) is 5.69 Å². The normalized spacial score (nSPS) is 12.7. The lowest BCUT2D eigenvalue weighted by Gasteiger charge is -2.29. The van der Waals surface area contributed by atoms with E-state index in [2.05, 4.69) is 113 Å². The van der Waals surface area contributed by atoms with Crippen LogP contribution in [0.25, 0.3) is 90.9 Å². The molecule has 8 bridgehead atoms. The highest BCUT2D eigenvalue weighted by atomic mass is 16.2. The Labute approximate surface area is 609 Å². The van der Waals surface area contributed by atoms with E-state index in [0.29, 0.717) is 29.8 Å². The van der Waals surface area contributed by atoms with E-state index in [9.17, 15) is 43.2 Å². The second kappa shape index (κ2) is 36.9. The number of amides is 8. The van der Waals surface area contributed by atoms with Crippen molar-refractivity contribution in [3.63, 3.8) is 0 Å². The molecule has 0 spiro atoms. The van der Waals surface area contributed by atoms with Crippen LogP contribution in [0.1, 0.15) is 80.7 Å². The maximum atomic E-state index is 14.4. The van der Waals surface area contributed by atoms with Gasteiger partial charge in [-0.2, -0.15) is 0 Å². The van der Waals surface area contributed by atoms with Crippen molar-refractivity contribution in [2.24, 2.45) is 17.4 Å². The summed E-state index contributed by atoms with van der Waals surface area (Å²) in [6, 6.07) is 49.9. The SMILES string of the molecule is CNCC(=O)C(N)CNC(=O)CNC(=O)[C@H](CC(C)C)NC(=O)[C@H](Cc1ccccc1)NC(=O)CNC(=O)[C@H](CCCCN)N(C(=O)CCC(=O)Nc1ccc(-c2c3nc(c(-c4ccccc4)c4ccc([nH]4)c(-c4ccccc4)c4nc(c(-c5ccccc5)c5ccc2[nH]5)C=C4)C=C3)cc1)C(=O)CNC. The maximum Gasteiger partial charge on any atom is 0.243 e. The first-order chi connectivity index (χ1) is 50.9. The van der Waals surface area contributed by atoms with Gasteiger partial charge < -0.3 is 64.0 Å². The number of anilines is 1. The Morgan fingerprint density at radius 1 is 0.467 bits per heavy atom. The second-order valence-corrected chi connectivity index (χ2v) is 26.1. The minimum atomic E-state index is -1.44. The minimum Gasteiger partial charge on any atom is -0.354 e. The molecule has 5 heterocycles. The molecular formula is C81H89N15O9. The van der Waals surface area contributed by atoms with Gasteiger partial charge >= 0.3 is 0 Å².